The molecule has 4 rings (SSSR count). The summed E-state index contributed by atoms with van der Waals surface area (Å²) in [5, 5.41) is 4.53. The Kier molecular flexibility index (Phi) is 3.79. The van der Waals surface area contributed by atoms with Crippen LogP contribution in [0, 0.1) is 0 Å². The molecular formula is C16H23N5O2. The number of fused-ring (bicyclic) bond motifs is 2. The van der Waals surface area contributed by atoms with Crippen LogP contribution in [0.3, 0.4) is 0 Å². The summed E-state index contributed by atoms with van der Waals surface area (Å²) in [6.45, 7) is 1.74. The van der Waals surface area contributed by atoms with E-state index in [0.717, 1.165) is 44.6 Å². The van der Waals surface area contributed by atoms with Crippen LogP contribution in [0.25, 0.3) is 5.78 Å². The second kappa shape index (κ2) is 5.81. The van der Waals surface area contributed by atoms with Crippen molar-refractivity contribution in [3.63, 3.8) is 0 Å². The molecule has 7 heteroatoms. The number of methoxy groups -OCH3 is 2. The van der Waals surface area contributed by atoms with Crippen LogP contribution in [0.1, 0.15) is 31.5 Å². The van der Waals surface area contributed by atoms with Gasteiger partial charge in [-0.25, -0.2) is 9.50 Å². The van der Waals surface area contributed by atoms with Crippen LogP contribution in [0.4, 0.5) is 0 Å². The maximum Gasteiger partial charge on any atom is 0.252 e. The highest BCUT2D eigenvalue weighted by Crippen LogP contribution is 2.43. The Bertz CT molecular complexity index is 657. The second-order valence-electron chi connectivity index (χ2n) is 6.53. The maximum absolute atomic E-state index is 5.97. The minimum absolute atomic E-state index is 0.0353. The van der Waals surface area contributed by atoms with Crippen LogP contribution < -0.4 is 0 Å². The number of nitrogens with zero attached hydrogens (tertiary/aromatic N) is 5. The van der Waals surface area contributed by atoms with Gasteiger partial charge in [-0.15, -0.1) is 5.10 Å². The zero-order valence-electron chi connectivity index (χ0n) is 13.7. The standard InChI is InChI=1S/C16H23N5O2/c1-22-12-4-5-16(23-2)6-9-20(13(16)10-12)11-14-18-15-17-7-3-8-21(15)19-14/h3,7-8,12-13H,4-6,9-11H2,1-2H3/t12-,13-,16+/m0/s1. The highest BCUT2D eigenvalue weighted by atomic mass is 16.5. The lowest BCUT2D eigenvalue weighted by Crippen LogP contribution is -2.51. The van der Waals surface area contributed by atoms with Gasteiger partial charge in [0, 0.05) is 39.2 Å². The van der Waals surface area contributed by atoms with Gasteiger partial charge in [-0.1, -0.05) is 0 Å². The first-order valence-corrected chi connectivity index (χ1v) is 8.22. The predicted molar refractivity (Wildman–Crippen MR) is 84.0 cm³/mol. The summed E-state index contributed by atoms with van der Waals surface area (Å²) in [7, 11) is 3.65. The number of aromatic nitrogens is 4. The van der Waals surface area contributed by atoms with Gasteiger partial charge in [-0.05, 0) is 31.7 Å². The Morgan fingerprint density at radius 3 is 3.04 bits per heavy atom. The van der Waals surface area contributed by atoms with Gasteiger partial charge in [-0.2, -0.15) is 4.98 Å². The Hall–Kier alpha value is -1.57. The van der Waals surface area contributed by atoms with E-state index in [2.05, 4.69) is 20.0 Å². The van der Waals surface area contributed by atoms with Gasteiger partial charge in [0.25, 0.3) is 5.78 Å². The highest BCUT2D eigenvalue weighted by molar-refractivity contribution is 5.25. The molecule has 7 nitrogen and oxygen atoms in total. The largest absolute Gasteiger partial charge is 0.381 e. The normalized spacial score (nSPS) is 31.6. The molecule has 3 heterocycles. The summed E-state index contributed by atoms with van der Waals surface area (Å²) < 4.78 is 13.3. The van der Waals surface area contributed by atoms with E-state index in [1.165, 1.54) is 0 Å². The molecule has 2 aromatic heterocycles. The molecule has 0 bridgehead atoms. The molecule has 3 atom stereocenters. The fourth-order valence-corrected chi connectivity index (χ4v) is 4.18. The van der Waals surface area contributed by atoms with Crippen molar-refractivity contribution in [2.75, 3.05) is 20.8 Å². The fourth-order valence-electron chi connectivity index (χ4n) is 4.18. The van der Waals surface area contributed by atoms with Crippen molar-refractivity contribution in [1.82, 2.24) is 24.5 Å². The van der Waals surface area contributed by atoms with Gasteiger partial charge >= 0.3 is 0 Å². The van der Waals surface area contributed by atoms with Gasteiger partial charge in [0.1, 0.15) is 0 Å². The summed E-state index contributed by atoms with van der Waals surface area (Å²) >= 11 is 0. The second-order valence-corrected chi connectivity index (χ2v) is 6.53. The van der Waals surface area contributed by atoms with Crippen molar-refractivity contribution in [2.45, 2.75) is 50.0 Å². The third-order valence-corrected chi connectivity index (χ3v) is 5.49. The SMILES string of the molecule is CO[C@H]1CC[C@@]2(OC)CCN(Cc3nc4ncccn4n3)[C@H]2C1. The lowest BCUT2D eigenvalue weighted by Gasteiger charge is -2.43. The van der Waals surface area contributed by atoms with Crippen LogP contribution in [0.15, 0.2) is 18.5 Å². The molecule has 124 valence electrons. The zero-order chi connectivity index (χ0) is 15.9. The maximum atomic E-state index is 5.97. The van der Waals surface area contributed by atoms with Gasteiger partial charge in [0.15, 0.2) is 5.82 Å². The molecule has 2 aliphatic rings. The Morgan fingerprint density at radius 1 is 1.35 bits per heavy atom. The third kappa shape index (κ3) is 2.52. The van der Waals surface area contributed by atoms with Gasteiger partial charge in [-0.3, -0.25) is 4.90 Å². The first-order valence-electron chi connectivity index (χ1n) is 8.22. The topological polar surface area (TPSA) is 64.8 Å². The van der Waals surface area contributed by atoms with Crippen molar-refractivity contribution >= 4 is 5.78 Å². The molecule has 1 aliphatic heterocycles. The monoisotopic (exact) mass is 317 g/mol. The average molecular weight is 317 g/mol. The van der Waals surface area contributed by atoms with Gasteiger partial charge < -0.3 is 9.47 Å². The quantitative estimate of drug-likeness (QED) is 0.846. The molecule has 0 spiro atoms. The van der Waals surface area contributed by atoms with Crippen molar-refractivity contribution in [1.29, 1.82) is 0 Å². The number of likely N-dealkylation sites (tertiary alicyclic amines) is 1. The van der Waals surface area contributed by atoms with E-state index in [9.17, 15) is 0 Å². The Labute approximate surface area is 135 Å². The van der Waals surface area contributed by atoms with E-state index >= 15 is 0 Å². The molecule has 2 fully saturated rings. The van der Waals surface area contributed by atoms with Crippen molar-refractivity contribution in [3.05, 3.63) is 24.3 Å². The molecular weight excluding hydrogens is 294 g/mol. The van der Waals surface area contributed by atoms with E-state index in [0.29, 0.717) is 17.9 Å². The van der Waals surface area contributed by atoms with E-state index in [1.54, 1.807) is 17.8 Å². The summed E-state index contributed by atoms with van der Waals surface area (Å²) in [6, 6.07) is 2.23. The third-order valence-electron chi connectivity index (χ3n) is 5.49. The minimum atomic E-state index is -0.0353. The summed E-state index contributed by atoms with van der Waals surface area (Å²) in [6.07, 6.45) is 8.15. The average Bonchev–Trinajstić information content (AvgIpc) is 3.16. The lowest BCUT2D eigenvalue weighted by atomic mass is 9.79. The van der Waals surface area contributed by atoms with E-state index in [1.807, 2.05) is 19.4 Å². The van der Waals surface area contributed by atoms with Gasteiger partial charge in [0.2, 0.25) is 0 Å². The number of rotatable bonds is 4. The molecule has 0 N–H and O–H groups in total. The minimum Gasteiger partial charge on any atom is -0.381 e. The highest BCUT2D eigenvalue weighted by Gasteiger charge is 2.51. The molecule has 0 radical (unpaired) electrons. The van der Waals surface area contributed by atoms with Crippen LogP contribution in [-0.4, -0.2) is 63.0 Å². The van der Waals surface area contributed by atoms with Crippen LogP contribution in [0.2, 0.25) is 0 Å². The van der Waals surface area contributed by atoms with Crippen LogP contribution in [0.5, 0.6) is 0 Å². The number of ether oxygens (including phenoxy) is 2. The fraction of sp³-hybridized carbons (Fsp3) is 0.688. The van der Waals surface area contributed by atoms with E-state index < -0.39 is 0 Å². The molecule has 0 unspecified atom stereocenters. The van der Waals surface area contributed by atoms with Crippen molar-refractivity contribution < 1.29 is 9.47 Å². The summed E-state index contributed by atoms with van der Waals surface area (Å²) in [5.41, 5.74) is -0.0353. The smallest absolute Gasteiger partial charge is 0.252 e. The molecule has 1 saturated heterocycles. The Morgan fingerprint density at radius 2 is 2.26 bits per heavy atom. The molecule has 0 amide bonds. The first-order chi connectivity index (χ1) is 11.2. The molecule has 0 aromatic carbocycles. The van der Waals surface area contributed by atoms with Gasteiger partial charge in [0.05, 0.1) is 18.2 Å². The van der Waals surface area contributed by atoms with Crippen LogP contribution in [-0.2, 0) is 16.0 Å². The predicted octanol–water partition coefficient (Wildman–Crippen LogP) is 1.28. The summed E-state index contributed by atoms with van der Waals surface area (Å²) in [4.78, 5) is 11.2. The van der Waals surface area contributed by atoms with Crippen molar-refractivity contribution in [2.24, 2.45) is 0 Å². The zero-order valence-corrected chi connectivity index (χ0v) is 13.7. The van der Waals surface area contributed by atoms with E-state index in [4.69, 9.17) is 9.47 Å². The molecule has 1 saturated carbocycles. The first kappa shape index (κ1) is 15.0. The Balaban J connectivity index is 1.56. The lowest BCUT2D eigenvalue weighted by molar-refractivity contribution is -0.0949. The van der Waals surface area contributed by atoms with Crippen LogP contribution >= 0.6 is 0 Å². The molecule has 1 aliphatic carbocycles. The van der Waals surface area contributed by atoms with E-state index in [-0.39, 0.29) is 5.60 Å². The molecule has 2 aromatic rings. The molecule has 23 heavy (non-hydrogen) atoms. The van der Waals surface area contributed by atoms with Crippen molar-refractivity contribution in [3.8, 4) is 0 Å². The summed E-state index contributed by atoms with van der Waals surface area (Å²) in [5.74, 6) is 1.47. The number of hydrogen-bond donors (Lipinski definition) is 0. The number of hydrogen-bond acceptors (Lipinski definition) is 6.